The average Bonchev–Trinajstić information content (AvgIpc) is 2.92. The highest BCUT2D eigenvalue weighted by atomic mass is 32.2. The molecule has 17 heavy (non-hydrogen) atoms. The highest BCUT2D eigenvalue weighted by Gasteiger charge is 2.52. The Morgan fingerprint density at radius 3 is 2.41 bits per heavy atom. The maximum atomic E-state index is 11.9. The minimum absolute atomic E-state index is 0.0741. The lowest BCUT2D eigenvalue weighted by molar-refractivity contribution is -0.117. The third-order valence-corrected chi connectivity index (χ3v) is 6.06. The number of carbonyl (C=O) groups excluding carboxylic acids is 1. The van der Waals surface area contributed by atoms with Crippen molar-refractivity contribution in [3.8, 4) is 0 Å². The Hall–Kier alpha value is -0.840. The van der Waals surface area contributed by atoms with Crippen molar-refractivity contribution < 1.29 is 13.2 Å². The molecule has 2 aliphatic carbocycles. The fraction of sp³-hybridized carbons (Fsp3) is 0.750. The van der Waals surface area contributed by atoms with Gasteiger partial charge in [0, 0.05) is 18.4 Å². The van der Waals surface area contributed by atoms with E-state index in [1.165, 1.54) is 6.26 Å². The summed E-state index contributed by atoms with van der Waals surface area (Å²) in [6.45, 7) is 2.24. The van der Waals surface area contributed by atoms with E-state index in [9.17, 15) is 13.2 Å². The van der Waals surface area contributed by atoms with Gasteiger partial charge in [0.25, 0.3) is 0 Å². The van der Waals surface area contributed by atoms with Gasteiger partial charge < -0.3 is 5.32 Å². The molecule has 5 heteroatoms. The molecule has 1 N–H and O–H groups in total. The van der Waals surface area contributed by atoms with Crippen LogP contribution in [0.15, 0.2) is 11.1 Å². The number of nitrogens with one attached hydrogen (secondary N) is 1. The fourth-order valence-corrected chi connectivity index (χ4v) is 3.55. The van der Waals surface area contributed by atoms with Gasteiger partial charge in [0.05, 0.1) is 4.75 Å². The van der Waals surface area contributed by atoms with Gasteiger partial charge in [-0.2, -0.15) is 0 Å². The molecule has 4 nitrogen and oxygen atoms in total. The molecule has 0 spiro atoms. The van der Waals surface area contributed by atoms with E-state index < -0.39 is 14.6 Å². The molecule has 0 aromatic rings. The van der Waals surface area contributed by atoms with Crippen molar-refractivity contribution in [2.45, 2.75) is 43.8 Å². The van der Waals surface area contributed by atoms with Crippen LogP contribution in [0.1, 0.15) is 39.0 Å². The van der Waals surface area contributed by atoms with Crippen LogP contribution in [0, 0.1) is 0 Å². The Labute approximate surface area is 102 Å². The van der Waals surface area contributed by atoms with Gasteiger partial charge in [-0.15, -0.1) is 0 Å². The first-order valence-corrected chi connectivity index (χ1v) is 7.91. The van der Waals surface area contributed by atoms with Gasteiger partial charge in [0.2, 0.25) is 5.91 Å². The second kappa shape index (κ2) is 4.12. The molecule has 1 amide bonds. The monoisotopic (exact) mass is 257 g/mol. The molecule has 0 saturated heterocycles. The van der Waals surface area contributed by atoms with Gasteiger partial charge in [-0.1, -0.05) is 5.57 Å². The molecule has 0 unspecified atom stereocenters. The first-order valence-electron chi connectivity index (χ1n) is 6.02. The fourth-order valence-electron chi connectivity index (χ4n) is 2.37. The summed E-state index contributed by atoms with van der Waals surface area (Å²) < 4.78 is 22.4. The summed E-state index contributed by atoms with van der Waals surface area (Å²) in [5, 5.41) is 2.79. The number of hydrogen-bond donors (Lipinski definition) is 1. The zero-order valence-corrected chi connectivity index (χ0v) is 11.2. The number of carbonyl (C=O) groups is 1. The molecule has 0 aromatic carbocycles. The molecule has 0 atom stereocenters. The van der Waals surface area contributed by atoms with Gasteiger partial charge in [0.15, 0.2) is 9.84 Å². The van der Waals surface area contributed by atoms with Crippen molar-refractivity contribution in [2.24, 2.45) is 0 Å². The van der Waals surface area contributed by atoms with Crippen LogP contribution in [0.25, 0.3) is 0 Å². The highest BCUT2D eigenvalue weighted by molar-refractivity contribution is 7.92. The minimum Gasteiger partial charge on any atom is -0.351 e. The number of sulfone groups is 1. The third kappa shape index (κ3) is 2.39. The van der Waals surface area contributed by atoms with Crippen LogP contribution >= 0.6 is 0 Å². The quantitative estimate of drug-likeness (QED) is 0.822. The summed E-state index contributed by atoms with van der Waals surface area (Å²) in [7, 11) is -3.05. The topological polar surface area (TPSA) is 63.2 Å². The van der Waals surface area contributed by atoms with E-state index >= 15 is 0 Å². The van der Waals surface area contributed by atoms with Crippen LogP contribution in [0.3, 0.4) is 0 Å². The first kappa shape index (κ1) is 12.6. The van der Waals surface area contributed by atoms with E-state index in [1.807, 2.05) is 6.92 Å². The number of amides is 1. The number of hydrogen-bond acceptors (Lipinski definition) is 3. The predicted octanol–water partition coefficient (Wildman–Crippen LogP) is 1.18. The molecule has 96 valence electrons. The maximum absolute atomic E-state index is 11.9. The first-order chi connectivity index (χ1) is 7.86. The smallest absolute Gasteiger partial charge is 0.247 e. The Kier molecular flexibility index (Phi) is 3.06. The molecule has 2 rings (SSSR count). The second-order valence-electron chi connectivity index (χ2n) is 5.25. The van der Waals surface area contributed by atoms with E-state index in [0.29, 0.717) is 12.8 Å². The average molecular weight is 257 g/mol. The molecule has 0 heterocycles. The Morgan fingerprint density at radius 2 is 2.00 bits per heavy atom. The standard InChI is InChI=1S/C12H19NO3S/c1-9-4-3-5-10(9)11(14)13-8-12(6-7-12)17(2,15)16/h3-8H2,1-2H3,(H,13,14). The van der Waals surface area contributed by atoms with Crippen LogP contribution in [0.4, 0.5) is 0 Å². The molecule has 0 bridgehead atoms. The third-order valence-electron chi connectivity index (χ3n) is 3.93. The molecule has 1 saturated carbocycles. The van der Waals surface area contributed by atoms with Crippen LogP contribution in [0.5, 0.6) is 0 Å². The summed E-state index contributed by atoms with van der Waals surface area (Å²) in [4.78, 5) is 11.9. The lowest BCUT2D eigenvalue weighted by Crippen LogP contribution is -2.38. The lowest BCUT2D eigenvalue weighted by atomic mass is 10.1. The van der Waals surface area contributed by atoms with E-state index in [2.05, 4.69) is 5.32 Å². The summed E-state index contributed by atoms with van der Waals surface area (Å²) >= 11 is 0. The number of rotatable bonds is 4. The molecular formula is C12H19NO3S. The van der Waals surface area contributed by atoms with Gasteiger partial charge in [-0.3, -0.25) is 4.79 Å². The zero-order valence-electron chi connectivity index (χ0n) is 10.4. The van der Waals surface area contributed by atoms with Gasteiger partial charge in [0.1, 0.15) is 0 Å². The summed E-state index contributed by atoms with van der Waals surface area (Å²) in [5.74, 6) is -0.0741. The Balaban J connectivity index is 1.96. The van der Waals surface area contributed by atoms with Crippen molar-refractivity contribution >= 4 is 15.7 Å². The van der Waals surface area contributed by atoms with E-state index in [0.717, 1.165) is 30.4 Å². The van der Waals surface area contributed by atoms with Crippen molar-refractivity contribution in [2.75, 3.05) is 12.8 Å². The van der Waals surface area contributed by atoms with Crippen LogP contribution in [-0.4, -0.2) is 31.9 Å². The number of allylic oxidation sites excluding steroid dienone is 1. The summed E-state index contributed by atoms with van der Waals surface area (Å²) in [5.41, 5.74) is 2.00. The molecule has 1 fully saturated rings. The molecule has 0 radical (unpaired) electrons. The van der Waals surface area contributed by atoms with Gasteiger partial charge in [-0.25, -0.2) is 8.42 Å². The van der Waals surface area contributed by atoms with Crippen LogP contribution in [0.2, 0.25) is 0 Å². The van der Waals surface area contributed by atoms with Crippen molar-refractivity contribution in [1.29, 1.82) is 0 Å². The van der Waals surface area contributed by atoms with Crippen molar-refractivity contribution in [3.63, 3.8) is 0 Å². The molecule has 0 aliphatic heterocycles. The molecule has 2 aliphatic rings. The van der Waals surface area contributed by atoms with Crippen molar-refractivity contribution in [3.05, 3.63) is 11.1 Å². The van der Waals surface area contributed by atoms with Crippen LogP contribution < -0.4 is 5.32 Å². The normalized spacial score (nSPS) is 22.7. The van der Waals surface area contributed by atoms with Gasteiger partial charge in [-0.05, 0) is 39.0 Å². The predicted molar refractivity (Wildman–Crippen MR) is 66.4 cm³/mol. The largest absolute Gasteiger partial charge is 0.351 e. The van der Waals surface area contributed by atoms with Crippen LogP contribution in [-0.2, 0) is 14.6 Å². The Bertz CT molecular complexity index is 472. The SMILES string of the molecule is CC1=C(C(=O)NCC2(S(C)(=O)=O)CC2)CCC1. The molecule has 0 aromatic heterocycles. The Morgan fingerprint density at radius 1 is 1.35 bits per heavy atom. The zero-order chi connectivity index (χ0) is 12.7. The van der Waals surface area contributed by atoms with E-state index in [1.54, 1.807) is 0 Å². The summed E-state index contributed by atoms with van der Waals surface area (Å²) in [6, 6.07) is 0. The van der Waals surface area contributed by atoms with Crippen molar-refractivity contribution in [1.82, 2.24) is 5.32 Å². The highest BCUT2D eigenvalue weighted by Crippen LogP contribution is 2.42. The minimum atomic E-state index is -3.05. The van der Waals surface area contributed by atoms with E-state index in [-0.39, 0.29) is 12.5 Å². The second-order valence-corrected chi connectivity index (χ2v) is 7.66. The summed E-state index contributed by atoms with van der Waals surface area (Å²) in [6.07, 6.45) is 5.44. The maximum Gasteiger partial charge on any atom is 0.247 e. The van der Waals surface area contributed by atoms with Gasteiger partial charge >= 0.3 is 0 Å². The lowest BCUT2D eigenvalue weighted by Gasteiger charge is -2.14. The molecular weight excluding hydrogens is 238 g/mol. The van der Waals surface area contributed by atoms with E-state index in [4.69, 9.17) is 0 Å².